The molecule has 0 aromatic rings. The molecule has 5 nitrogen and oxygen atoms in total. The van der Waals surface area contributed by atoms with Gasteiger partial charge < -0.3 is 19.3 Å². The van der Waals surface area contributed by atoms with Crippen molar-refractivity contribution in [3.63, 3.8) is 0 Å². The van der Waals surface area contributed by atoms with Crippen LogP contribution in [0.15, 0.2) is 0 Å². The largest absolute Gasteiger partial charge is 0.378 e. The molecular formula is C16H30N2O3. The molecule has 0 spiro atoms. The third-order valence-corrected chi connectivity index (χ3v) is 5.07. The number of hydrogen-bond donors (Lipinski definition) is 0. The van der Waals surface area contributed by atoms with Crippen LogP contribution in [-0.4, -0.2) is 74.4 Å². The number of nitrogens with zero attached hydrogens (tertiary/aromatic N) is 2. The highest BCUT2D eigenvalue weighted by molar-refractivity contribution is 5.76. The van der Waals surface area contributed by atoms with E-state index in [0.29, 0.717) is 31.8 Å². The molecule has 0 N–H and O–H groups in total. The van der Waals surface area contributed by atoms with Gasteiger partial charge in [-0.2, -0.15) is 0 Å². The van der Waals surface area contributed by atoms with Gasteiger partial charge in [-0.05, 0) is 20.4 Å². The molecule has 2 rings (SSSR count). The number of rotatable bonds is 6. The van der Waals surface area contributed by atoms with E-state index in [1.807, 2.05) is 11.8 Å². The van der Waals surface area contributed by atoms with Crippen LogP contribution < -0.4 is 0 Å². The molecule has 0 bridgehead atoms. The lowest BCUT2D eigenvalue weighted by molar-refractivity contribution is -0.148. The summed E-state index contributed by atoms with van der Waals surface area (Å²) in [5.74, 6) is 0.253. The van der Waals surface area contributed by atoms with E-state index in [1.54, 1.807) is 0 Å². The Morgan fingerprint density at radius 3 is 2.62 bits per heavy atom. The summed E-state index contributed by atoms with van der Waals surface area (Å²) >= 11 is 0. The lowest BCUT2D eigenvalue weighted by Gasteiger charge is -2.55. The number of amides is 1. The average Bonchev–Trinajstić information content (AvgIpc) is 2.49. The first-order chi connectivity index (χ1) is 9.96. The Morgan fingerprint density at radius 1 is 1.38 bits per heavy atom. The molecule has 0 aromatic carbocycles. The molecule has 1 saturated carbocycles. The zero-order chi connectivity index (χ0) is 15.5. The summed E-state index contributed by atoms with van der Waals surface area (Å²) in [4.78, 5) is 16.4. The third-order valence-electron chi connectivity index (χ3n) is 5.07. The van der Waals surface area contributed by atoms with E-state index in [4.69, 9.17) is 9.47 Å². The highest BCUT2D eigenvalue weighted by Gasteiger charge is 2.50. The zero-order valence-electron chi connectivity index (χ0n) is 13.9. The Labute approximate surface area is 128 Å². The standard InChI is InChI=1S/C16H30N2O3/c1-5-21-14-12-13(16(14,2)3)17(4)7-6-15(19)18-8-10-20-11-9-18/h13-14H,5-12H2,1-4H3. The van der Waals surface area contributed by atoms with E-state index in [0.717, 1.165) is 32.7 Å². The van der Waals surface area contributed by atoms with Crippen molar-refractivity contribution >= 4 is 5.91 Å². The fraction of sp³-hybridized carbons (Fsp3) is 0.938. The van der Waals surface area contributed by atoms with Gasteiger partial charge in [-0.1, -0.05) is 13.8 Å². The summed E-state index contributed by atoms with van der Waals surface area (Å²) in [5.41, 5.74) is 0.173. The van der Waals surface area contributed by atoms with Crippen LogP contribution in [0.3, 0.4) is 0 Å². The lowest BCUT2D eigenvalue weighted by atomic mass is 9.64. The van der Waals surface area contributed by atoms with Crippen LogP contribution >= 0.6 is 0 Å². The summed E-state index contributed by atoms with van der Waals surface area (Å²) in [5, 5.41) is 0. The van der Waals surface area contributed by atoms with Gasteiger partial charge in [-0.15, -0.1) is 0 Å². The van der Waals surface area contributed by atoms with E-state index >= 15 is 0 Å². The molecule has 2 aliphatic rings. The maximum atomic E-state index is 12.2. The van der Waals surface area contributed by atoms with Crippen molar-refractivity contribution in [3.8, 4) is 0 Å². The Kier molecular flexibility index (Phi) is 5.63. The third kappa shape index (κ3) is 3.76. The highest BCUT2D eigenvalue weighted by atomic mass is 16.5. The van der Waals surface area contributed by atoms with E-state index in [-0.39, 0.29) is 11.3 Å². The number of ether oxygens (including phenoxy) is 2. The van der Waals surface area contributed by atoms with Crippen LogP contribution in [0.25, 0.3) is 0 Å². The van der Waals surface area contributed by atoms with Gasteiger partial charge in [-0.25, -0.2) is 0 Å². The Morgan fingerprint density at radius 2 is 2.05 bits per heavy atom. The van der Waals surface area contributed by atoms with Crippen molar-refractivity contribution in [3.05, 3.63) is 0 Å². The van der Waals surface area contributed by atoms with Crippen LogP contribution in [0.5, 0.6) is 0 Å². The molecule has 2 fully saturated rings. The molecule has 122 valence electrons. The smallest absolute Gasteiger partial charge is 0.224 e. The molecule has 2 atom stereocenters. The molecule has 1 saturated heterocycles. The first-order valence-corrected chi connectivity index (χ1v) is 8.14. The molecule has 0 radical (unpaired) electrons. The van der Waals surface area contributed by atoms with Crippen LogP contribution in [0.2, 0.25) is 0 Å². The van der Waals surface area contributed by atoms with E-state index in [9.17, 15) is 4.79 Å². The normalized spacial score (nSPS) is 28.5. The summed E-state index contributed by atoms with van der Waals surface area (Å²) in [6.07, 6.45) is 2.02. The second-order valence-corrected chi connectivity index (χ2v) is 6.74. The fourth-order valence-corrected chi connectivity index (χ4v) is 3.50. The molecule has 21 heavy (non-hydrogen) atoms. The quantitative estimate of drug-likeness (QED) is 0.743. The van der Waals surface area contributed by atoms with Gasteiger partial charge in [0.1, 0.15) is 0 Å². The predicted octanol–water partition coefficient (Wildman–Crippen LogP) is 1.37. The number of morpholine rings is 1. The van der Waals surface area contributed by atoms with Gasteiger partial charge in [-0.3, -0.25) is 4.79 Å². The molecule has 1 aliphatic carbocycles. The maximum absolute atomic E-state index is 12.2. The summed E-state index contributed by atoms with van der Waals surface area (Å²) < 4.78 is 11.1. The van der Waals surface area contributed by atoms with Crippen LogP contribution in [0.1, 0.15) is 33.6 Å². The second-order valence-electron chi connectivity index (χ2n) is 6.74. The van der Waals surface area contributed by atoms with Gasteiger partial charge in [0.2, 0.25) is 5.91 Å². The summed E-state index contributed by atoms with van der Waals surface area (Å²) in [6, 6.07) is 0.506. The first-order valence-electron chi connectivity index (χ1n) is 8.14. The fourth-order valence-electron chi connectivity index (χ4n) is 3.50. The van der Waals surface area contributed by atoms with Crippen molar-refractivity contribution in [1.29, 1.82) is 0 Å². The minimum atomic E-state index is 0.173. The van der Waals surface area contributed by atoms with Gasteiger partial charge in [0.15, 0.2) is 0 Å². The van der Waals surface area contributed by atoms with Crippen LogP contribution in [0.4, 0.5) is 0 Å². The van der Waals surface area contributed by atoms with E-state index in [1.165, 1.54) is 0 Å². The number of carbonyl (C=O) groups excluding carboxylic acids is 1. The maximum Gasteiger partial charge on any atom is 0.224 e. The first kappa shape index (κ1) is 16.7. The molecule has 1 amide bonds. The van der Waals surface area contributed by atoms with Gasteiger partial charge in [0.05, 0.1) is 19.3 Å². The summed E-state index contributed by atoms with van der Waals surface area (Å²) in [6.45, 7) is 11.0. The van der Waals surface area contributed by atoms with Crippen molar-refractivity contribution in [1.82, 2.24) is 9.80 Å². The Balaban J connectivity index is 1.74. The summed E-state index contributed by atoms with van der Waals surface area (Å²) in [7, 11) is 2.13. The van der Waals surface area contributed by atoms with Crippen LogP contribution in [0, 0.1) is 5.41 Å². The van der Waals surface area contributed by atoms with Crippen molar-refractivity contribution < 1.29 is 14.3 Å². The Bertz CT molecular complexity index is 353. The minimum absolute atomic E-state index is 0.173. The van der Waals surface area contributed by atoms with Gasteiger partial charge in [0, 0.05) is 44.1 Å². The lowest BCUT2D eigenvalue weighted by Crippen LogP contribution is -2.61. The Hall–Kier alpha value is -0.650. The van der Waals surface area contributed by atoms with Crippen molar-refractivity contribution in [2.45, 2.75) is 45.8 Å². The average molecular weight is 298 g/mol. The topological polar surface area (TPSA) is 42.0 Å². The SMILES string of the molecule is CCOC1CC(N(C)CCC(=O)N2CCOCC2)C1(C)C. The number of hydrogen-bond acceptors (Lipinski definition) is 4. The monoisotopic (exact) mass is 298 g/mol. The molecule has 1 aliphatic heterocycles. The second kappa shape index (κ2) is 7.07. The van der Waals surface area contributed by atoms with Gasteiger partial charge in [0.25, 0.3) is 0 Å². The van der Waals surface area contributed by atoms with Crippen LogP contribution in [-0.2, 0) is 14.3 Å². The molecule has 1 heterocycles. The zero-order valence-corrected chi connectivity index (χ0v) is 13.9. The molecule has 5 heteroatoms. The molecule has 0 aromatic heterocycles. The molecule has 2 unspecified atom stereocenters. The van der Waals surface area contributed by atoms with E-state index < -0.39 is 0 Å². The van der Waals surface area contributed by atoms with Gasteiger partial charge >= 0.3 is 0 Å². The predicted molar refractivity (Wildman–Crippen MR) is 82.2 cm³/mol. The van der Waals surface area contributed by atoms with Crippen molar-refractivity contribution in [2.24, 2.45) is 5.41 Å². The minimum Gasteiger partial charge on any atom is -0.378 e. The molecular weight excluding hydrogens is 268 g/mol. The van der Waals surface area contributed by atoms with E-state index in [2.05, 4.69) is 25.8 Å². The highest BCUT2D eigenvalue weighted by Crippen LogP contribution is 2.45. The van der Waals surface area contributed by atoms with Crippen molar-refractivity contribution in [2.75, 3.05) is 46.5 Å². The number of carbonyl (C=O) groups is 1.